The van der Waals surface area contributed by atoms with Gasteiger partial charge in [0.25, 0.3) is 0 Å². The highest BCUT2D eigenvalue weighted by Crippen LogP contribution is 2.26. The van der Waals surface area contributed by atoms with Crippen LogP contribution in [-0.4, -0.2) is 28.0 Å². The second-order valence-corrected chi connectivity index (χ2v) is 7.29. The van der Waals surface area contributed by atoms with Gasteiger partial charge in [-0.05, 0) is 42.5 Å². The molecule has 1 amide bonds. The Morgan fingerprint density at radius 3 is 2.38 bits per heavy atom. The standard InChI is InChI=1S/C15H14Cl2N2O4S/c1-23-14-7-6-12(8-13(14)17)24(21,22)18-9-15(20)19-11-4-2-10(16)3-5-11/h2-8,18H,9H2,1H3,(H,19,20). The van der Waals surface area contributed by atoms with Gasteiger partial charge in [0.05, 0.1) is 23.6 Å². The number of halogens is 2. The van der Waals surface area contributed by atoms with E-state index in [9.17, 15) is 13.2 Å². The third-order valence-corrected chi connectivity index (χ3v) is 4.93. The van der Waals surface area contributed by atoms with Crippen LogP contribution in [0.5, 0.6) is 5.75 Å². The second-order valence-electron chi connectivity index (χ2n) is 4.68. The molecule has 9 heteroatoms. The first-order valence-corrected chi connectivity index (χ1v) is 8.94. The Balaban J connectivity index is 2.00. The number of nitrogens with one attached hydrogen (secondary N) is 2. The summed E-state index contributed by atoms with van der Waals surface area (Å²) in [7, 11) is -2.45. The minimum atomic E-state index is -3.87. The van der Waals surface area contributed by atoms with Crippen LogP contribution >= 0.6 is 23.2 Å². The van der Waals surface area contributed by atoms with Crippen LogP contribution in [0.2, 0.25) is 10.0 Å². The number of benzene rings is 2. The summed E-state index contributed by atoms with van der Waals surface area (Å²) >= 11 is 11.7. The number of ether oxygens (including phenoxy) is 1. The predicted octanol–water partition coefficient (Wildman–Crippen LogP) is 2.92. The van der Waals surface area contributed by atoms with Gasteiger partial charge >= 0.3 is 0 Å². The van der Waals surface area contributed by atoms with Crippen molar-refractivity contribution in [1.82, 2.24) is 4.72 Å². The molecule has 0 bridgehead atoms. The molecule has 0 heterocycles. The molecular weight excluding hydrogens is 375 g/mol. The number of methoxy groups -OCH3 is 1. The number of hydrogen-bond donors (Lipinski definition) is 2. The van der Waals surface area contributed by atoms with Crippen LogP contribution in [0.25, 0.3) is 0 Å². The average molecular weight is 389 g/mol. The molecule has 0 spiro atoms. The maximum absolute atomic E-state index is 12.2. The van der Waals surface area contributed by atoms with E-state index in [0.717, 1.165) is 0 Å². The summed E-state index contributed by atoms with van der Waals surface area (Å²) in [5.74, 6) is -0.156. The van der Waals surface area contributed by atoms with Crippen molar-refractivity contribution in [2.75, 3.05) is 19.0 Å². The van der Waals surface area contributed by atoms with E-state index in [1.807, 2.05) is 0 Å². The molecule has 6 nitrogen and oxygen atoms in total. The Hall–Kier alpha value is -1.80. The van der Waals surface area contributed by atoms with Crippen molar-refractivity contribution in [3.63, 3.8) is 0 Å². The number of amides is 1. The highest BCUT2D eigenvalue weighted by Gasteiger charge is 2.17. The van der Waals surface area contributed by atoms with Crippen molar-refractivity contribution < 1.29 is 17.9 Å². The zero-order valence-electron chi connectivity index (χ0n) is 12.5. The maximum Gasteiger partial charge on any atom is 0.241 e. The van der Waals surface area contributed by atoms with Crippen LogP contribution in [0.3, 0.4) is 0 Å². The Bertz CT molecular complexity index is 839. The monoisotopic (exact) mass is 388 g/mol. The molecule has 0 aliphatic rings. The third kappa shape index (κ3) is 4.85. The van der Waals surface area contributed by atoms with E-state index in [-0.39, 0.29) is 9.92 Å². The van der Waals surface area contributed by atoms with Crippen molar-refractivity contribution in [1.29, 1.82) is 0 Å². The van der Waals surface area contributed by atoms with Gasteiger partial charge in [-0.1, -0.05) is 23.2 Å². The summed E-state index contributed by atoms with van der Waals surface area (Å²) in [6, 6.07) is 10.5. The number of rotatable bonds is 6. The molecule has 2 rings (SSSR count). The molecule has 128 valence electrons. The molecule has 2 N–H and O–H groups in total. The fourth-order valence-corrected chi connectivity index (χ4v) is 3.25. The number of carbonyl (C=O) groups is 1. The molecule has 0 atom stereocenters. The van der Waals surface area contributed by atoms with Crippen molar-refractivity contribution in [2.24, 2.45) is 0 Å². The van der Waals surface area contributed by atoms with E-state index in [2.05, 4.69) is 10.0 Å². The quantitative estimate of drug-likeness (QED) is 0.796. The first kappa shape index (κ1) is 18.5. The lowest BCUT2D eigenvalue weighted by molar-refractivity contribution is -0.115. The average Bonchev–Trinajstić information content (AvgIpc) is 2.55. The van der Waals surface area contributed by atoms with Gasteiger partial charge in [0.1, 0.15) is 5.75 Å². The van der Waals surface area contributed by atoms with E-state index in [1.54, 1.807) is 24.3 Å². The molecule has 0 aromatic heterocycles. The molecule has 24 heavy (non-hydrogen) atoms. The van der Waals surface area contributed by atoms with Gasteiger partial charge in [-0.3, -0.25) is 4.79 Å². The lowest BCUT2D eigenvalue weighted by Crippen LogP contribution is -2.32. The van der Waals surface area contributed by atoms with Crippen molar-refractivity contribution >= 4 is 44.8 Å². The highest BCUT2D eigenvalue weighted by atomic mass is 35.5. The normalized spacial score (nSPS) is 11.1. The van der Waals surface area contributed by atoms with Gasteiger partial charge in [0.15, 0.2) is 0 Å². The fraction of sp³-hybridized carbons (Fsp3) is 0.133. The minimum Gasteiger partial charge on any atom is -0.495 e. The lowest BCUT2D eigenvalue weighted by Gasteiger charge is -2.09. The van der Waals surface area contributed by atoms with Crippen LogP contribution < -0.4 is 14.8 Å². The molecule has 0 saturated carbocycles. The van der Waals surface area contributed by atoms with Crippen molar-refractivity contribution in [3.05, 3.63) is 52.5 Å². The van der Waals surface area contributed by atoms with E-state index < -0.39 is 22.5 Å². The van der Waals surface area contributed by atoms with Gasteiger partial charge in [-0.25, -0.2) is 13.1 Å². The molecule has 0 aliphatic heterocycles. The maximum atomic E-state index is 12.2. The van der Waals surface area contributed by atoms with Gasteiger partial charge in [0.2, 0.25) is 15.9 Å². The van der Waals surface area contributed by atoms with Crippen molar-refractivity contribution in [3.8, 4) is 5.75 Å². The number of anilines is 1. The molecule has 0 saturated heterocycles. The second kappa shape index (κ2) is 7.85. The zero-order chi connectivity index (χ0) is 17.7. The first-order chi connectivity index (χ1) is 11.3. The summed E-state index contributed by atoms with van der Waals surface area (Å²) in [4.78, 5) is 11.8. The summed E-state index contributed by atoms with van der Waals surface area (Å²) in [6.07, 6.45) is 0. The SMILES string of the molecule is COc1ccc(S(=O)(=O)NCC(=O)Nc2ccc(Cl)cc2)cc1Cl. The topological polar surface area (TPSA) is 84.5 Å². The largest absolute Gasteiger partial charge is 0.495 e. The van der Waals surface area contributed by atoms with Gasteiger partial charge in [-0.2, -0.15) is 0 Å². The van der Waals surface area contributed by atoms with Crippen LogP contribution in [0, 0.1) is 0 Å². The Kier molecular flexibility index (Phi) is 6.06. The summed E-state index contributed by atoms with van der Waals surface area (Å²) in [5.41, 5.74) is 0.510. The Labute approximate surface area is 149 Å². The molecule has 0 fully saturated rings. The van der Waals surface area contributed by atoms with Crippen LogP contribution in [0.1, 0.15) is 0 Å². The van der Waals surface area contributed by atoms with Crippen LogP contribution in [0.4, 0.5) is 5.69 Å². The zero-order valence-corrected chi connectivity index (χ0v) is 14.9. The fourth-order valence-electron chi connectivity index (χ4n) is 1.80. The van der Waals surface area contributed by atoms with Crippen LogP contribution in [0.15, 0.2) is 47.4 Å². The van der Waals surface area contributed by atoms with E-state index in [1.165, 1.54) is 25.3 Å². The molecule has 0 aliphatic carbocycles. The summed E-state index contributed by atoms with van der Waals surface area (Å²) in [6.45, 7) is -0.422. The van der Waals surface area contributed by atoms with Gasteiger partial charge in [-0.15, -0.1) is 0 Å². The lowest BCUT2D eigenvalue weighted by atomic mass is 10.3. The number of hydrogen-bond acceptors (Lipinski definition) is 4. The first-order valence-electron chi connectivity index (χ1n) is 6.70. The molecule has 2 aromatic rings. The molecule has 2 aromatic carbocycles. The van der Waals surface area contributed by atoms with Gasteiger partial charge in [0, 0.05) is 10.7 Å². The smallest absolute Gasteiger partial charge is 0.241 e. The number of sulfonamides is 1. The highest BCUT2D eigenvalue weighted by molar-refractivity contribution is 7.89. The molecule has 0 radical (unpaired) electrons. The molecular formula is C15H14Cl2N2O4S. The third-order valence-electron chi connectivity index (χ3n) is 2.98. The summed E-state index contributed by atoms with van der Waals surface area (Å²) < 4.78 is 31.5. The Morgan fingerprint density at radius 1 is 1.12 bits per heavy atom. The summed E-state index contributed by atoms with van der Waals surface area (Å²) in [5, 5.41) is 3.24. The number of carbonyl (C=O) groups excluding carboxylic acids is 1. The van der Waals surface area contributed by atoms with Crippen LogP contribution in [-0.2, 0) is 14.8 Å². The van der Waals surface area contributed by atoms with Gasteiger partial charge < -0.3 is 10.1 Å². The van der Waals surface area contributed by atoms with Crippen molar-refractivity contribution in [2.45, 2.75) is 4.90 Å². The van der Waals surface area contributed by atoms with E-state index in [0.29, 0.717) is 16.5 Å². The minimum absolute atomic E-state index is 0.0624. The van der Waals surface area contributed by atoms with E-state index in [4.69, 9.17) is 27.9 Å². The predicted molar refractivity (Wildman–Crippen MR) is 93.3 cm³/mol. The Morgan fingerprint density at radius 2 is 1.79 bits per heavy atom. The van der Waals surface area contributed by atoms with E-state index >= 15 is 0 Å². The molecule has 0 unspecified atom stereocenters.